The maximum atomic E-state index is 13.4. The fourth-order valence-corrected chi connectivity index (χ4v) is 5.93. The number of amides is 1. The average molecular weight is 613 g/mol. The summed E-state index contributed by atoms with van der Waals surface area (Å²) in [4.78, 5) is 51.7. The Morgan fingerprint density at radius 2 is 1.40 bits per heavy atom. The minimum atomic E-state index is -1.16. The van der Waals surface area contributed by atoms with E-state index >= 15 is 0 Å². The van der Waals surface area contributed by atoms with Crippen LogP contribution in [0, 0.1) is 0 Å². The summed E-state index contributed by atoms with van der Waals surface area (Å²) in [6, 6.07) is 27.7. The molecular formula is C35H40N4O6. The Balaban J connectivity index is 1.15. The molecule has 0 bridgehead atoms. The van der Waals surface area contributed by atoms with Gasteiger partial charge in [-0.25, -0.2) is 4.79 Å². The van der Waals surface area contributed by atoms with Crippen molar-refractivity contribution < 1.29 is 19.4 Å². The van der Waals surface area contributed by atoms with Crippen LogP contribution < -0.4 is 16.6 Å². The molecule has 1 fully saturated rings. The van der Waals surface area contributed by atoms with Gasteiger partial charge in [-0.2, -0.15) is 0 Å². The highest BCUT2D eigenvalue weighted by molar-refractivity contribution is 5.81. The van der Waals surface area contributed by atoms with Crippen molar-refractivity contribution in [2.75, 3.05) is 26.2 Å². The van der Waals surface area contributed by atoms with E-state index in [-0.39, 0.29) is 25.2 Å². The SMILES string of the molecule is O=C(O)CNC(=O)CCn1c(=O)c2ccccc2n(CCCCN2CCC(OC(c3ccccc3)c3ccccc3)CC2)c1=O. The predicted octanol–water partition coefficient (Wildman–Crippen LogP) is 3.80. The number of hydrogen-bond donors (Lipinski definition) is 2. The van der Waals surface area contributed by atoms with Gasteiger partial charge in [0, 0.05) is 32.6 Å². The highest BCUT2D eigenvalue weighted by Crippen LogP contribution is 2.30. The summed E-state index contributed by atoms with van der Waals surface area (Å²) in [5.41, 5.74) is 1.96. The Hall–Kier alpha value is -4.54. The number of rotatable bonds is 14. The van der Waals surface area contributed by atoms with Crippen LogP contribution in [0.15, 0.2) is 94.5 Å². The molecule has 45 heavy (non-hydrogen) atoms. The van der Waals surface area contributed by atoms with Gasteiger partial charge in [0.1, 0.15) is 12.6 Å². The van der Waals surface area contributed by atoms with E-state index in [1.54, 1.807) is 28.8 Å². The molecular weight excluding hydrogens is 572 g/mol. The molecule has 3 aromatic carbocycles. The van der Waals surface area contributed by atoms with Gasteiger partial charge in [0.2, 0.25) is 5.91 Å². The Morgan fingerprint density at radius 1 is 0.800 bits per heavy atom. The van der Waals surface area contributed by atoms with E-state index in [0.29, 0.717) is 17.4 Å². The first-order valence-electron chi connectivity index (χ1n) is 15.6. The lowest BCUT2D eigenvalue weighted by Gasteiger charge is -2.34. The molecule has 1 aromatic heterocycles. The fraction of sp³-hybridized carbons (Fsp3) is 0.371. The van der Waals surface area contributed by atoms with Gasteiger partial charge in [0.05, 0.1) is 17.0 Å². The fourth-order valence-electron chi connectivity index (χ4n) is 5.93. The number of carbonyl (C=O) groups is 2. The van der Waals surface area contributed by atoms with Gasteiger partial charge >= 0.3 is 11.7 Å². The van der Waals surface area contributed by atoms with E-state index in [1.807, 2.05) is 36.4 Å². The monoisotopic (exact) mass is 612 g/mol. The van der Waals surface area contributed by atoms with Crippen molar-refractivity contribution in [1.29, 1.82) is 0 Å². The lowest BCUT2D eigenvalue weighted by molar-refractivity contribution is -0.138. The van der Waals surface area contributed by atoms with Crippen LogP contribution in [0.4, 0.5) is 0 Å². The van der Waals surface area contributed by atoms with E-state index in [2.05, 4.69) is 34.5 Å². The summed E-state index contributed by atoms with van der Waals surface area (Å²) in [7, 11) is 0. The molecule has 1 saturated heterocycles. The second kappa shape index (κ2) is 15.5. The highest BCUT2D eigenvalue weighted by Gasteiger charge is 2.24. The smallest absolute Gasteiger partial charge is 0.331 e. The average Bonchev–Trinajstić information content (AvgIpc) is 3.07. The number of likely N-dealkylation sites (tertiary alicyclic amines) is 1. The Kier molecular flexibility index (Phi) is 10.9. The zero-order chi connectivity index (χ0) is 31.6. The number of unbranched alkanes of at least 4 members (excludes halogenated alkanes) is 1. The van der Waals surface area contributed by atoms with E-state index < -0.39 is 29.7 Å². The van der Waals surface area contributed by atoms with Crippen LogP contribution >= 0.6 is 0 Å². The molecule has 0 aliphatic carbocycles. The zero-order valence-corrected chi connectivity index (χ0v) is 25.3. The summed E-state index contributed by atoms with van der Waals surface area (Å²) >= 11 is 0. The summed E-state index contributed by atoms with van der Waals surface area (Å²) in [6.07, 6.45) is 3.44. The van der Waals surface area contributed by atoms with Crippen molar-refractivity contribution in [2.45, 2.75) is 57.4 Å². The minimum Gasteiger partial charge on any atom is -0.480 e. The molecule has 1 aliphatic heterocycles. The molecule has 10 heteroatoms. The number of aromatic nitrogens is 2. The minimum absolute atomic E-state index is 0.0977. The van der Waals surface area contributed by atoms with Crippen LogP contribution in [0.3, 0.4) is 0 Å². The van der Waals surface area contributed by atoms with Crippen molar-refractivity contribution in [2.24, 2.45) is 0 Å². The van der Waals surface area contributed by atoms with Gasteiger partial charge in [0.15, 0.2) is 0 Å². The lowest BCUT2D eigenvalue weighted by atomic mass is 10.00. The van der Waals surface area contributed by atoms with E-state index in [0.717, 1.165) is 61.0 Å². The first-order valence-corrected chi connectivity index (χ1v) is 15.6. The number of fused-ring (bicyclic) bond motifs is 1. The van der Waals surface area contributed by atoms with Crippen LogP contribution in [0.1, 0.15) is 49.3 Å². The largest absolute Gasteiger partial charge is 0.480 e. The summed E-state index contributed by atoms with van der Waals surface area (Å²) in [5, 5.41) is 11.4. The maximum Gasteiger partial charge on any atom is 0.331 e. The van der Waals surface area contributed by atoms with Crippen LogP contribution in [0.2, 0.25) is 0 Å². The molecule has 0 atom stereocenters. The number of carboxylic acids is 1. The number of nitrogens with one attached hydrogen (secondary N) is 1. The number of nitrogens with zero attached hydrogens (tertiary/aromatic N) is 3. The number of carboxylic acid groups (broad SMARTS) is 1. The molecule has 236 valence electrons. The number of benzene rings is 3. The Labute approximate surface area is 261 Å². The molecule has 0 unspecified atom stereocenters. The molecule has 0 radical (unpaired) electrons. The lowest BCUT2D eigenvalue weighted by Crippen LogP contribution is -2.41. The first kappa shape index (κ1) is 31.9. The molecule has 1 amide bonds. The Bertz CT molecular complexity index is 1660. The summed E-state index contributed by atoms with van der Waals surface area (Å²) in [5.74, 6) is -1.70. The molecule has 0 saturated carbocycles. The number of aryl methyl sites for hydroxylation is 1. The van der Waals surface area contributed by atoms with Gasteiger partial charge in [-0.3, -0.25) is 23.5 Å². The second-order valence-corrected chi connectivity index (χ2v) is 11.4. The molecule has 1 aliphatic rings. The molecule has 10 nitrogen and oxygen atoms in total. The van der Waals surface area contributed by atoms with Gasteiger partial charge < -0.3 is 20.1 Å². The molecule has 5 rings (SSSR count). The van der Waals surface area contributed by atoms with Crippen LogP contribution in [0.25, 0.3) is 10.9 Å². The van der Waals surface area contributed by atoms with E-state index in [4.69, 9.17) is 9.84 Å². The standard InChI is InChI=1S/C35H40N4O6/c40-31(36-25-32(41)42)19-24-39-34(43)29-15-7-8-16-30(29)38(35(39)44)21-10-9-20-37-22-17-28(18-23-37)45-33(26-11-3-1-4-12-26)27-13-5-2-6-14-27/h1-8,11-16,28,33H,9-10,17-25H2,(H,36,40)(H,41,42). The van der Waals surface area contributed by atoms with Gasteiger partial charge in [0.25, 0.3) is 5.56 Å². The Morgan fingerprint density at radius 3 is 2.04 bits per heavy atom. The number of para-hydroxylation sites is 1. The number of ether oxygens (including phenoxy) is 1. The third-order valence-electron chi connectivity index (χ3n) is 8.31. The third kappa shape index (κ3) is 8.34. The molecule has 2 N–H and O–H groups in total. The van der Waals surface area contributed by atoms with Crippen molar-refractivity contribution in [1.82, 2.24) is 19.4 Å². The van der Waals surface area contributed by atoms with E-state index in [1.165, 1.54) is 0 Å². The van der Waals surface area contributed by atoms with Crippen molar-refractivity contribution >= 4 is 22.8 Å². The summed E-state index contributed by atoms with van der Waals surface area (Å²) in [6.45, 7) is 2.60. The molecule has 2 heterocycles. The van der Waals surface area contributed by atoms with E-state index in [9.17, 15) is 19.2 Å². The second-order valence-electron chi connectivity index (χ2n) is 11.4. The first-order chi connectivity index (χ1) is 21.9. The van der Waals surface area contributed by atoms with Crippen LogP contribution in [0.5, 0.6) is 0 Å². The normalized spacial score (nSPS) is 14.2. The zero-order valence-electron chi connectivity index (χ0n) is 25.3. The third-order valence-corrected chi connectivity index (χ3v) is 8.31. The van der Waals surface area contributed by atoms with Crippen molar-refractivity contribution in [3.8, 4) is 0 Å². The van der Waals surface area contributed by atoms with Crippen molar-refractivity contribution in [3.63, 3.8) is 0 Å². The number of hydrogen-bond acceptors (Lipinski definition) is 6. The number of carbonyl (C=O) groups excluding carboxylic acids is 1. The van der Waals surface area contributed by atoms with Gasteiger partial charge in [-0.1, -0.05) is 72.8 Å². The molecule has 0 spiro atoms. The molecule has 4 aromatic rings. The van der Waals surface area contributed by atoms with Crippen molar-refractivity contribution in [3.05, 3.63) is 117 Å². The number of aliphatic carboxylic acids is 1. The highest BCUT2D eigenvalue weighted by atomic mass is 16.5. The van der Waals surface area contributed by atoms with Crippen LogP contribution in [-0.2, 0) is 27.4 Å². The van der Waals surface area contributed by atoms with Gasteiger partial charge in [-0.15, -0.1) is 0 Å². The number of piperidine rings is 1. The quantitative estimate of drug-likeness (QED) is 0.208. The predicted molar refractivity (Wildman–Crippen MR) is 172 cm³/mol. The van der Waals surface area contributed by atoms with Gasteiger partial charge in [-0.05, 0) is 55.5 Å². The summed E-state index contributed by atoms with van der Waals surface area (Å²) < 4.78 is 9.37. The van der Waals surface area contributed by atoms with Crippen LogP contribution in [-0.4, -0.2) is 63.3 Å². The maximum absolute atomic E-state index is 13.4. The topological polar surface area (TPSA) is 123 Å².